The highest BCUT2D eigenvalue weighted by atomic mass is 31.1. The summed E-state index contributed by atoms with van der Waals surface area (Å²) in [7, 11) is -0.365. The Bertz CT molecular complexity index is 876. The molecular weight excluding hydrogens is 349 g/mol. The Morgan fingerprint density at radius 3 is 2.19 bits per heavy atom. The summed E-state index contributed by atoms with van der Waals surface area (Å²) in [6.45, 7) is 9.10. The third-order valence-corrected chi connectivity index (χ3v) is 9.07. The summed E-state index contributed by atoms with van der Waals surface area (Å²) in [5.41, 5.74) is 6.93. The second-order valence-corrected chi connectivity index (χ2v) is 10.3. The van der Waals surface area contributed by atoms with Gasteiger partial charge in [0.15, 0.2) is 0 Å². The van der Waals surface area contributed by atoms with Gasteiger partial charge in [0.05, 0.1) is 11.4 Å². The standard InChI is InChI=1S/C24H30NOP/c1-5-24(6-2,27-26)21-9-7-8-20(25-21)17-10-11-18-19(16-17)23(4)14-12-22(18,3)13-15-23/h7-11,16H,5-6,12-15H2,1-4H3/p+1. The van der Waals surface area contributed by atoms with Crippen LogP contribution in [0.15, 0.2) is 36.4 Å². The van der Waals surface area contributed by atoms with E-state index in [1.54, 1.807) is 5.56 Å². The molecule has 1 atom stereocenters. The van der Waals surface area contributed by atoms with Gasteiger partial charge in [0.25, 0.3) is 0 Å². The molecular formula is C24H31NOP+. The van der Waals surface area contributed by atoms with Crippen molar-refractivity contribution in [1.29, 1.82) is 0 Å². The van der Waals surface area contributed by atoms with Gasteiger partial charge in [-0.15, -0.1) is 0 Å². The van der Waals surface area contributed by atoms with E-state index in [4.69, 9.17) is 4.98 Å². The first-order chi connectivity index (χ1) is 12.9. The highest BCUT2D eigenvalue weighted by molar-refractivity contribution is 7.25. The van der Waals surface area contributed by atoms with E-state index in [-0.39, 0.29) is 13.6 Å². The van der Waals surface area contributed by atoms with Gasteiger partial charge in [-0.2, -0.15) is 0 Å². The predicted octanol–water partition coefficient (Wildman–Crippen LogP) is 6.89. The van der Waals surface area contributed by atoms with Gasteiger partial charge in [0, 0.05) is 5.56 Å². The summed E-state index contributed by atoms with van der Waals surface area (Å²) in [6.07, 6.45) is 6.90. The van der Waals surface area contributed by atoms with Crippen LogP contribution in [0.5, 0.6) is 0 Å². The SMILES string of the molecule is CCC(CC)([PH+]=O)c1cccc(-c2ccc3c(c2)C2(C)CCC3(C)CC2)n1. The van der Waals surface area contributed by atoms with Crippen molar-refractivity contribution in [2.75, 3.05) is 0 Å². The van der Waals surface area contributed by atoms with Gasteiger partial charge in [0.1, 0.15) is 0 Å². The van der Waals surface area contributed by atoms with Crippen molar-refractivity contribution in [3.05, 3.63) is 53.2 Å². The van der Waals surface area contributed by atoms with Crippen LogP contribution in [0.2, 0.25) is 0 Å². The Morgan fingerprint density at radius 2 is 1.59 bits per heavy atom. The molecule has 5 rings (SSSR count). The van der Waals surface area contributed by atoms with Gasteiger partial charge in [-0.3, -0.25) is 0 Å². The van der Waals surface area contributed by atoms with Gasteiger partial charge in [-0.05, 0) is 78.7 Å². The number of pyridine rings is 1. The lowest BCUT2D eigenvalue weighted by Crippen LogP contribution is -2.44. The van der Waals surface area contributed by atoms with E-state index in [0.717, 1.165) is 24.2 Å². The molecule has 0 amide bonds. The molecule has 1 heterocycles. The minimum atomic E-state index is -0.365. The molecule has 0 radical (unpaired) electrons. The highest BCUT2D eigenvalue weighted by Gasteiger charge is 2.47. The normalized spacial score (nSPS) is 27.0. The molecule has 1 unspecified atom stereocenters. The van der Waals surface area contributed by atoms with Crippen LogP contribution in [0.4, 0.5) is 0 Å². The quantitative estimate of drug-likeness (QED) is 0.529. The maximum absolute atomic E-state index is 12.0. The van der Waals surface area contributed by atoms with Crippen molar-refractivity contribution < 1.29 is 4.57 Å². The Balaban J connectivity index is 1.81. The summed E-state index contributed by atoms with van der Waals surface area (Å²) >= 11 is 0. The molecule has 1 fully saturated rings. The van der Waals surface area contributed by atoms with Crippen molar-refractivity contribution in [3.8, 4) is 11.3 Å². The van der Waals surface area contributed by atoms with E-state index in [1.807, 2.05) is 6.07 Å². The molecule has 0 saturated heterocycles. The van der Waals surface area contributed by atoms with E-state index in [9.17, 15) is 4.57 Å². The van der Waals surface area contributed by atoms with Crippen LogP contribution in [-0.4, -0.2) is 4.98 Å². The molecule has 1 aromatic carbocycles. The van der Waals surface area contributed by atoms with E-state index in [0.29, 0.717) is 10.8 Å². The molecule has 1 aromatic heterocycles. The molecule has 2 aromatic rings. The second-order valence-electron chi connectivity index (χ2n) is 9.18. The zero-order valence-electron chi connectivity index (χ0n) is 17.1. The Labute approximate surface area is 165 Å². The first-order valence-electron chi connectivity index (χ1n) is 10.4. The van der Waals surface area contributed by atoms with E-state index < -0.39 is 0 Å². The first kappa shape index (κ1) is 18.8. The molecule has 3 heteroatoms. The monoisotopic (exact) mass is 380 g/mol. The molecule has 3 aliphatic rings. The maximum Gasteiger partial charge on any atom is 0.337 e. The topological polar surface area (TPSA) is 30.0 Å². The summed E-state index contributed by atoms with van der Waals surface area (Å²) in [6, 6.07) is 13.2. The van der Waals surface area contributed by atoms with Crippen molar-refractivity contribution in [2.45, 2.75) is 82.2 Å². The number of benzene rings is 1. The van der Waals surface area contributed by atoms with Crippen LogP contribution in [0.1, 0.15) is 83.0 Å². The van der Waals surface area contributed by atoms with Crippen molar-refractivity contribution in [1.82, 2.24) is 4.98 Å². The van der Waals surface area contributed by atoms with Crippen LogP contribution in [0.3, 0.4) is 0 Å². The number of aromatic nitrogens is 1. The fraction of sp³-hybridized carbons (Fsp3) is 0.542. The molecule has 142 valence electrons. The first-order valence-corrected chi connectivity index (χ1v) is 11.3. The summed E-state index contributed by atoms with van der Waals surface area (Å²) in [4.78, 5) is 4.99. The molecule has 3 aliphatic carbocycles. The van der Waals surface area contributed by atoms with Crippen LogP contribution >= 0.6 is 8.46 Å². The molecule has 27 heavy (non-hydrogen) atoms. The van der Waals surface area contributed by atoms with Gasteiger partial charge in [-0.25, -0.2) is 4.98 Å². The molecule has 0 aliphatic heterocycles. The fourth-order valence-electron chi connectivity index (χ4n) is 5.29. The summed E-state index contributed by atoms with van der Waals surface area (Å²) in [5, 5.41) is -0.317. The van der Waals surface area contributed by atoms with Crippen LogP contribution in [0, 0.1) is 0 Å². The van der Waals surface area contributed by atoms with Gasteiger partial charge >= 0.3 is 8.46 Å². The largest absolute Gasteiger partial charge is 0.337 e. The molecule has 0 spiro atoms. The average Bonchev–Trinajstić information content (AvgIpc) is 2.72. The number of fused-ring (bicyclic) bond motifs is 2. The molecule has 1 saturated carbocycles. The third kappa shape index (κ3) is 2.80. The Hall–Kier alpha value is -1.53. The second kappa shape index (κ2) is 6.52. The van der Waals surface area contributed by atoms with Crippen LogP contribution in [0.25, 0.3) is 11.3 Å². The van der Waals surface area contributed by atoms with Gasteiger partial charge < -0.3 is 0 Å². The van der Waals surface area contributed by atoms with Gasteiger partial charge in [-0.1, -0.05) is 50.5 Å². The van der Waals surface area contributed by atoms with Crippen molar-refractivity contribution in [3.63, 3.8) is 0 Å². The molecule has 2 bridgehead atoms. The number of hydrogen-bond acceptors (Lipinski definition) is 2. The van der Waals surface area contributed by atoms with Crippen LogP contribution < -0.4 is 0 Å². The Kier molecular flexibility index (Phi) is 4.54. The van der Waals surface area contributed by atoms with E-state index >= 15 is 0 Å². The minimum Gasteiger partial charge on any atom is -0.248 e. The van der Waals surface area contributed by atoms with E-state index in [2.05, 4.69) is 58.0 Å². The lowest BCUT2D eigenvalue weighted by molar-refractivity contribution is 0.188. The average molecular weight is 380 g/mol. The molecule has 0 N–H and O–H groups in total. The van der Waals surface area contributed by atoms with Gasteiger partial charge in [0.2, 0.25) is 5.16 Å². The fourth-order valence-corrected chi connectivity index (χ4v) is 5.82. The summed E-state index contributed by atoms with van der Waals surface area (Å²) in [5.74, 6) is 0. The van der Waals surface area contributed by atoms with E-state index in [1.165, 1.54) is 36.8 Å². The smallest absolute Gasteiger partial charge is 0.248 e. The summed E-state index contributed by atoms with van der Waals surface area (Å²) < 4.78 is 12.0. The van der Waals surface area contributed by atoms with Crippen LogP contribution in [-0.2, 0) is 20.6 Å². The Morgan fingerprint density at radius 1 is 0.963 bits per heavy atom. The zero-order chi connectivity index (χ0) is 19.3. The van der Waals surface area contributed by atoms with Crippen molar-refractivity contribution >= 4 is 8.46 Å². The highest BCUT2D eigenvalue weighted by Crippen LogP contribution is 2.56. The van der Waals surface area contributed by atoms with Crippen molar-refractivity contribution in [2.24, 2.45) is 0 Å². The third-order valence-electron chi connectivity index (χ3n) is 7.71. The predicted molar refractivity (Wildman–Crippen MR) is 114 cm³/mol. The number of hydrogen-bond donors (Lipinski definition) is 0. The number of nitrogens with zero attached hydrogens (tertiary/aromatic N) is 1. The lowest BCUT2D eigenvalue weighted by Gasteiger charge is -2.52. The zero-order valence-corrected chi connectivity index (χ0v) is 18.1. The maximum atomic E-state index is 12.0. The lowest BCUT2D eigenvalue weighted by atomic mass is 9.52. The number of rotatable bonds is 5. The molecule has 2 nitrogen and oxygen atoms in total. The minimum absolute atomic E-state index is 0.313.